The maximum Gasteiger partial charge on any atom is 0.134 e. The summed E-state index contributed by atoms with van der Waals surface area (Å²) in [6.07, 6.45) is 3.51. The van der Waals surface area contributed by atoms with Gasteiger partial charge in [0.2, 0.25) is 0 Å². The van der Waals surface area contributed by atoms with E-state index >= 15 is 0 Å². The molecule has 19 heavy (non-hydrogen) atoms. The molecule has 0 saturated carbocycles. The predicted molar refractivity (Wildman–Crippen MR) is 79.5 cm³/mol. The van der Waals surface area contributed by atoms with Crippen molar-refractivity contribution in [2.75, 3.05) is 5.32 Å². The number of hydrogen-bond donors (Lipinski definition) is 1. The number of anilines is 1. The van der Waals surface area contributed by atoms with Gasteiger partial charge in [-0.3, -0.25) is 0 Å². The van der Waals surface area contributed by atoms with Crippen LogP contribution in [0.5, 0.6) is 0 Å². The second kappa shape index (κ2) is 6.02. The van der Waals surface area contributed by atoms with Crippen LogP contribution in [0.3, 0.4) is 0 Å². The monoisotopic (exact) mass is 275 g/mol. The molecule has 2 aromatic rings. The van der Waals surface area contributed by atoms with Crippen LogP contribution in [0.1, 0.15) is 25.8 Å². The van der Waals surface area contributed by atoms with Crippen molar-refractivity contribution >= 4 is 17.4 Å². The highest BCUT2D eigenvalue weighted by Crippen LogP contribution is 2.20. The van der Waals surface area contributed by atoms with Gasteiger partial charge >= 0.3 is 0 Å². The van der Waals surface area contributed by atoms with Crippen LogP contribution in [0.25, 0.3) is 0 Å². The lowest BCUT2D eigenvalue weighted by Crippen LogP contribution is -2.31. The minimum Gasteiger partial charge on any atom is -0.365 e. The zero-order chi connectivity index (χ0) is 13.7. The van der Waals surface area contributed by atoms with E-state index in [-0.39, 0.29) is 5.54 Å². The molecule has 2 rings (SSSR count). The molecule has 1 aromatic heterocycles. The van der Waals surface area contributed by atoms with Crippen LogP contribution < -0.4 is 5.32 Å². The van der Waals surface area contributed by atoms with Gasteiger partial charge < -0.3 is 5.32 Å². The van der Waals surface area contributed by atoms with E-state index in [1.54, 1.807) is 6.07 Å². The van der Waals surface area contributed by atoms with Gasteiger partial charge in [-0.25, -0.2) is 9.97 Å². The molecule has 0 unspecified atom stereocenters. The first-order valence-electron chi connectivity index (χ1n) is 6.35. The van der Waals surface area contributed by atoms with Crippen LogP contribution in [0.15, 0.2) is 42.7 Å². The summed E-state index contributed by atoms with van der Waals surface area (Å²) in [6, 6.07) is 12.2. The fraction of sp³-hybridized carbons (Fsp3) is 0.333. The van der Waals surface area contributed by atoms with Crippen LogP contribution in [-0.2, 0) is 6.42 Å². The van der Waals surface area contributed by atoms with Crippen molar-refractivity contribution in [3.05, 3.63) is 53.4 Å². The normalized spacial score (nSPS) is 11.3. The van der Waals surface area contributed by atoms with Crippen LogP contribution in [0, 0.1) is 0 Å². The van der Waals surface area contributed by atoms with Gasteiger partial charge in [-0.2, -0.15) is 0 Å². The second-order valence-electron chi connectivity index (χ2n) is 5.22. The highest BCUT2D eigenvalue weighted by molar-refractivity contribution is 6.29. The van der Waals surface area contributed by atoms with Crippen LogP contribution in [0.4, 0.5) is 5.82 Å². The van der Waals surface area contributed by atoms with Crippen LogP contribution in [0.2, 0.25) is 5.15 Å². The topological polar surface area (TPSA) is 37.8 Å². The summed E-state index contributed by atoms with van der Waals surface area (Å²) < 4.78 is 0. The van der Waals surface area contributed by atoms with Crippen molar-refractivity contribution < 1.29 is 0 Å². The first-order chi connectivity index (χ1) is 9.05. The molecule has 1 heterocycles. The van der Waals surface area contributed by atoms with Crippen LogP contribution >= 0.6 is 11.6 Å². The Kier molecular flexibility index (Phi) is 4.38. The van der Waals surface area contributed by atoms with E-state index in [4.69, 9.17) is 11.6 Å². The fourth-order valence-electron chi connectivity index (χ4n) is 1.91. The van der Waals surface area contributed by atoms with E-state index in [1.807, 2.05) is 6.07 Å². The molecule has 0 atom stereocenters. The average molecular weight is 276 g/mol. The van der Waals surface area contributed by atoms with E-state index in [0.29, 0.717) is 5.15 Å². The van der Waals surface area contributed by atoms with Crippen molar-refractivity contribution in [1.29, 1.82) is 0 Å². The van der Waals surface area contributed by atoms with Gasteiger partial charge in [0.05, 0.1) is 0 Å². The molecule has 0 aliphatic heterocycles. The number of halogens is 1. The third-order valence-corrected chi connectivity index (χ3v) is 3.19. The molecule has 0 spiro atoms. The van der Waals surface area contributed by atoms with Gasteiger partial charge in [0, 0.05) is 11.6 Å². The van der Waals surface area contributed by atoms with Crippen molar-refractivity contribution in [3.8, 4) is 0 Å². The molecule has 0 saturated heterocycles. The highest BCUT2D eigenvalue weighted by atomic mass is 35.5. The molecule has 0 fully saturated rings. The zero-order valence-electron chi connectivity index (χ0n) is 11.2. The average Bonchev–Trinajstić information content (AvgIpc) is 2.37. The molecular formula is C15H18ClN3. The van der Waals surface area contributed by atoms with Gasteiger partial charge in [0.1, 0.15) is 17.3 Å². The van der Waals surface area contributed by atoms with E-state index in [1.165, 1.54) is 11.9 Å². The van der Waals surface area contributed by atoms with Crippen molar-refractivity contribution in [2.45, 2.75) is 32.2 Å². The van der Waals surface area contributed by atoms with Gasteiger partial charge in [-0.1, -0.05) is 41.9 Å². The third-order valence-electron chi connectivity index (χ3n) is 2.98. The summed E-state index contributed by atoms with van der Waals surface area (Å²) in [5, 5.41) is 3.85. The summed E-state index contributed by atoms with van der Waals surface area (Å²) in [6.45, 7) is 4.32. The van der Waals surface area contributed by atoms with Gasteiger partial charge in [0.15, 0.2) is 0 Å². The summed E-state index contributed by atoms with van der Waals surface area (Å²) in [5.41, 5.74) is 1.30. The molecular weight excluding hydrogens is 258 g/mol. The van der Waals surface area contributed by atoms with Crippen molar-refractivity contribution in [2.24, 2.45) is 0 Å². The number of nitrogens with one attached hydrogen (secondary N) is 1. The maximum atomic E-state index is 5.86. The fourth-order valence-corrected chi connectivity index (χ4v) is 2.06. The quantitative estimate of drug-likeness (QED) is 0.840. The molecule has 0 aliphatic rings. The van der Waals surface area contributed by atoms with E-state index in [9.17, 15) is 0 Å². The Bertz CT molecular complexity index is 526. The Morgan fingerprint density at radius 1 is 1.16 bits per heavy atom. The number of rotatable bonds is 5. The smallest absolute Gasteiger partial charge is 0.134 e. The third kappa shape index (κ3) is 4.52. The molecule has 1 aromatic carbocycles. The summed E-state index contributed by atoms with van der Waals surface area (Å²) in [5.74, 6) is 0.762. The molecule has 0 bridgehead atoms. The zero-order valence-corrected chi connectivity index (χ0v) is 12.0. The van der Waals surface area contributed by atoms with E-state index < -0.39 is 0 Å². The maximum absolute atomic E-state index is 5.86. The Morgan fingerprint density at radius 3 is 2.58 bits per heavy atom. The standard InChI is InChI=1S/C15H18ClN3/c1-15(2,9-8-12-6-4-3-5-7-12)19-14-10-13(16)17-11-18-14/h3-7,10-11H,8-9H2,1-2H3,(H,17,18,19). The number of nitrogens with zero attached hydrogens (tertiary/aromatic N) is 2. The molecule has 4 heteroatoms. The Balaban J connectivity index is 1.95. The number of aryl methyl sites for hydroxylation is 1. The first kappa shape index (κ1) is 13.8. The molecule has 1 N–H and O–H groups in total. The highest BCUT2D eigenvalue weighted by Gasteiger charge is 2.18. The lowest BCUT2D eigenvalue weighted by molar-refractivity contribution is 0.516. The van der Waals surface area contributed by atoms with Crippen molar-refractivity contribution in [1.82, 2.24) is 9.97 Å². The number of hydrogen-bond acceptors (Lipinski definition) is 3. The van der Waals surface area contributed by atoms with Gasteiger partial charge in [-0.15, -0.1) is 0 Å². The second-order valence-corrected chi connectivity index (χ2v) is 5.61. The minimum absolute atomic E-state index is 0.0481. The SMILES string of the molecule is CC(C)(CCc1ccccc1)Nc1cc(Cl)ncn1. The molecule has 100 valence electrons. The molecule has 0 amide bonds. The van der Waals surface area contributed by atoms with Gasteiger partial charge in [-0.05, 0) is 32.3 Å². The number of aromatic nitrogens is 2. The van der Waals surface area contributed by atoms with Gasteiger partial charge in [0.25, 0.3) is 0 Å². The first-order valence-corrected chi connectivity index (χ1v) is 6.73. The van der Waals surface area contributed by atoms with Crippen LogP contribution in [-0.4, -0.2) is 15.5 Å². The minimum atomic E-state index is -0.0481. The summed E-state index contributed by atoms with van der Waals surface area (Å²) in [4.78, 5) is 8.05. The molecule has 3 nitrogen and oxygen atoms in total. The lowest BCUT2D eigenvalue weighted by Gasteiger charge is -2.27. The Labute approximate surface area is 119 Å². The van der Waals surface area contributed by atoms with Crippen molar-refractivity contribution in [3.63, 3.8) is 0 Å². The Morgan fingerprint density at radius 2 is 1.89 bits per heavy atom. The lowest BCUT2D eigenvalue weighted by atomic mass is 9.95. The summed E-state index contributed by atoms with van der Waals surface area (Å²) in [7, 11) is 0. The Hall–Kier alpha value is -1.61. The molecule has 0 radical (unpaired) electrons. The largest absolute Gasteiger partial charge is 0.365 e. The predicted octanol–water partition coefficient (Wildman–Crippen LogP) is 3.95. The van der Waals surface area contributed by atoms with E-state index in [0.717, 1.165) is 18.7 Å². The molecule has 0 aliphatic carbocycles. The summed E-state index contributed by atoms with van der Waals surface area (Å²) >= 11 is 5.86. The van der Waals surface area contributed by atoms with E-state index in [2.05, 4.69) is 53.4 Å². The number of benzene rings is 1.